The summed E-state index contributed by atoms with van der Waals surface area (Å²) in [4.78, 5) is 24.2. The van der Waals surface area contributed by atoms with Gasteiger partial charge in [-0.3, -0.25) is 9.59 Å². The number of hydrogen-bond acceptors (Lipinski definition) is 4. The fourth-order valence-electron chi connectivity index (χ4n) is 3.14. The lowest BCUT2D eigenvalue weighted by Gasteiger charge is -2.15. The van der Waals surface area contributed by atoms with Crippen LogP contribution in [-0.2, 0) is 4.79 Å². The summed E-state index contributed by atoms with van der Waals surface area (Å²) in [6, 6.07) is 8.53. The minimum Gasteiger partial charge on any atom is -0.472 e. The third-order valence-electron chi connectivity index (χ3n) is 4.75. The van der Waals surface area contributed by atoms with E-state index in [1.54, 1.807) is 13.0 Å². The highest BCUT2D eigenvalue weighted by atomic mass is 16.3. The van der Waals surface area contributed by atoms with Gasteiger partial charge in [0.1, 0.15) is 12.3 Å². The van der Waals surface area contributed by atoms with Gasteiger partial charge in [-0.05, 0) is 56.0 Å². The average molecular weight is 355 g/mol. The summed E-state index contributed by atoms with van der Waals surface area (Å²) in [5, 5.41) is 8.91. The van der Waals surface area contributed by atoms with Crippen molar-refractivity contribution in [3.05, 3.63) is 48.4 Å². The van der Waals surface area contributed by atoms with Gasteiger partial charge in [0.05, 0.1) is 11.8 Å². The van der Waals surface area contributed by atoms with Gasteiger partial charge in [0.2, 0.25) is 5.91 Å². The molecule has 138 valence electrons. The zero-order valence-electron chi connectivity index (χ0n) is 15.0. The average Bonchev–Trinajstić information content (AvgIpc) is 3.35. The quantitative estimate of drug-likeness (QED) is 0.708. The van der Waals surface area contributed by atoms with Crippen LogP contribution >= 0.6 is 0 Å². The van der Waals surface area contributed by atoms with E-state index in [1.165, 1.54) is 38.2 Å². The number of benzene rings is 1. The van der Waals surface area contributed by atoms with Gasteiger partial charge in [-0.15, -0.1) is 0 Å². The van der Waals surface area contributed by atoms with E-state index in [4.69, 9.17) is 4.42 Å². The van der Waals surface area contributed by atoms with Crippen molar-refractivity contribution in [1.29, 1.82) is 0 Å². The molecular formula is C20H25N3O3. The summed E-state index contributed by atoms with van der Waals surface area (Å²) in [6.07, 6.45) is 8.06. The molecule has 3 N–H and O–H groups in total. The predicted octanol–water partition coefficient (Wildman–Crippen LogP) is 3.64. The molecule has 1 atom stereocenters. The number of furan rings is 1. The Morgan fingerprint density at radius 3 is 2.46 bits per heavy atom. The van der Waals surface area contributed by atoms with Crippen LogP contribution < -0.4 is 16.0 Å². The standard InChI is InChI=1S/C20H25N3O3/c1-14(22-20(25)16-10-11-26-13-16)19(24)23-18-8-6-17(7-9-18)21-12-15-4-2-3-5-15/h6-11,13-15,21H,2-5,12H2,1H3,(H,22,25)(H,23,24). The fraction of sp³-hybridized carbons (Fsp3) is 0.400. The lowest BCUT2D eigenvalue weighted by molar-refractivity contribution is -0.117. The molecule has 1 aromatic carbocycles. The third kappa shape index (κ3) is 4.88. The summed E-state index contributed by atoms with van der Waals surface area (Å²) in [5.41, 5.74) is 2.14. The molecule has 1 fully saturated rings. The van der Waals surface area contributed by atoms with Crippen molar-refractivity contribution >= 4 is 23.2 Å². The van der Waals surface area contributed by atoms with Gasteiger partial charge in [0.15, 0.2) is 0 Å². The van der Waals surface area contributed by atoms with Gasteiger partial charge in [0.25, 0.3) is 5.91 Å². The van der Waals surface area contributed by atoms with Gasteiger partial charge in [-0.25, -0.2) is 0 Å². The molecule has 6 heteroatoms. The zero-order chi connectivity index (χ0) is 18.4. The minimum absolute atomic E-state index is 0.270. The molecule has 1 unspecified atom stereocenters. The maximum Gasteiger partial charge on any atom is 0.255 e. The molecule has 0 spiro atoms. The van der Waals surface area contributed by atoms with Crippen LogP contribution in [-0.4, -0.2) is 24.4 Å². The molecule has 2 amide bonds. The van der Waals surface area contributed by atoms with Gasteiger partial charge in [-0.1, -0.05) is 12.8 Å². The first-order chi connectivity index (χ1) is 12.6. The second-order valence-electron chi connectivity index (χ2n) is 6.81. The highest BCUT2D eigenvalue weighted by Crippen LogP contribution is 2.25. The number of hydrogen-bond donors (Lipinski definition) is 3. The molecule has 1 aliphatic carbocycles. The Morgan fingerprint density at radius 1 is 1.12 bits per heavy atom. The third-order valence-corrected chi connectivity index (χ3v) is 4.75. The summed E-state index contributed by atoms with van der Waals surface area (Å²) >= 11 is 0. The number of nitrogens with one attached hydrogen (secondary N) is 3. The van der Waals surface area contributed by atoms with E-state index in [0.717, 1.165) is 18.2 Å². The highest BCUT2D eigenvalue weighted by Gasteiger charge is 2.17. The first kappa shape index (κ1) is 18.0. The van der Waals surface area contributed by atoms with E-state index < -0.39 is 6.04 Å². The van der Waals surface area contributed by atoms with Gasteiger partial charge >= 0.3 is 0 Å². The van der Waals surface area contributed by atoms with Crippen LogP contribution in [0, 0.1) is 5.92 Å². The van der Waals surface area contributed by atoms with Crippen molar-refractivity contribution in [3.8, 4) is 0 Å². The molecule has 0 saturated heterocycles. The van der Waals surface area contributed by atoms with Crippen LogP contribution in [0.5, 0.6) is 0 Å². The van der Waals surface area contributed by atoms with E-state index in [-0.39, 0.29) is 11.8 Å². The predicted molar refractivity (Wildman–Crippen MR) is 101 cm³/mol. The zero-order valence-corrected chi connectivity index (χ0v) is 15.0. The molecule has 0 bridgehead atoms. The van der Waals surface area contributed by atoms with E-state index >= 15 is 0 Å². The molecular weight excluding hydrogens is 330 g/mol. The Bertz CT molecular complexity index is 719. The lowest BCUT2D eigenvalue weighted by atomic mass is 10.1. The van der Waals surface area contributed by atoms with Crippen molar-refractivity contribution in [1.82, 2.24) is 5.32 Å². The molecule has 0 aliphatic heterocycles. The van der Waals surface area contributed by atoms with E-state index in [9.17, 15) is 9.59 Å². The summed E-state index contributed by atoms with van der Waals surface area (Å²) in [6.45, 7) is 2.65. The maximum absolute atomic E-state index is 12.2. The summed E-state index contributed by atoms with van der Waals surface area (Å²) in [5.74, 6) is 0.162. The lowest BCUT2D eigenvalue weighted by Crippen LogP contribution is -2.41. The van der Waals surface area contributed by atoms with Crippen LogP contribution in [0.3, 0.4) is 0 Å². The Kier molecular flexibility index (Phi) is 5.94. The van der Waals surface area contributed by atoms with Crippen LogP contribution in [0.4, 0.5) is 11.4 Å². The second kappa shape index (κ2) is 8.56. The fourth-order valence-corrected chi connectivity index (χ4v) is 3.14. The molecule has 1 saturated carbocycles. The summed E-state index contributed by atoms with van der Waals surface area (Å²) < 4.78 is 4.87. The molecule has 1 aliphatic rings. The van der Waals surface area contributed by atoms with Crippen molar-refractivity contribution in [2.45, 2.75) is 38.6 Å². The minimum atomic E-state index is -0.655. The van der Waals surface area contributed by atoms with E-state index in [1.807, 2.05) is 24.3 Å². The maximum atomic E-state index is 12.2. The Hall–Kier alpha value is -2.76. The van der Waals surface area contributed by atoms with Crippen molar-refractivity contribution < 1.29 is 14.0 Å². The second-order valence-corrected chi connectivity index (χ2v) is 6.81. The van der Waals surface area contributed by atoms with Crippen LogP contribution in [0.15, 0.2) is 47.3 Å². The Morgan fingerprint density at radius 2 is 1.81 bits per heavy atom. The van der Waals surface area contributed by atoms with Gasteiger partial charge < -0.3 is 20.4 Å². The number of rotatable bonds is 7. The highest BCUT2D eigenvalue weighted by molar-refractivity contribution is 6.00. The molecule has 26 heavy (non-hydrogen) atoms. The van der Waals surface area contributed by atoms with Crippen LogP contribution in [0.2, 0.25) is 0 Å². The van der Waals surface area contributed by atoms with E-state index in [0.29, 0.717) is 11.3 Å². The molecule has 2 aromatic rings. The van der Waals surface area contributed by atoms with Gasteiger partial charge in [-0.2, -0.15) is 0 Å². The monoisotopic (exact) mass is 355 g/mol. The number of carbonyl (C=O) groups excluding carboxylic acids is 2. The number of amides is 2. The molecule has 1 heterocycles. The first-order valence-corrected chi connectivity index (χ1v) is 9.09. The summed E-state index contributed by atoms with van der Waals surface area (Å²) in [7, 11) is 0. The van der Waals surface area contributed by atoms with Gasteiger partial charge in [0, 0.05) is 17.9 Å². The normalized spacial score (nSPS) is 15.4. The molecule has 1 aromatic heterocycles. The van der Waals surface area contributed by atoms with Crippen LogP contribution in [0.1, 0.15) is 43.0 Å². The first-order valence-electron chi connectivity index (χ1n) is 9.09. The van der Waals surface area contributed by atoms with Crippen molar-refractivity contribution in [2.75, 3.05) is 17.2 Å². The Labute approximate surface area is 153 Å². The molecule has 6 nitrogen and oxygen atoms in total. The number of anilines is 2. The molecule has 3 rings (SSSR count). The number of carbonyl (C=O) groups is 2. The van der Waals surface area contributed by atoms with E-state index in [2.05, 4.69) is 16.0 Å². The smallest absolute Gasteiger partial charge is 0.255 e. The topological polar surface area (TPSA) is 83.4 Å². The molecule has 0 radical (unpaired) electrons. The van der Waals surface area contributed by atoms with Crippen molar-refractivity contribution in [3.63, 3.8) is 0 Å². The van der Waals surface area contributed by atoms with Crippen LogP contribution in [0.25, 0.3) is 0 Å². The SMILES string of the molecule is CC(NC(=O)c1ccoc1)C(=O)Nc1ccc(NCC2CCCC2)cc1. The Balaban J connectivity index is 1.46. The largest absolute Gasteiger partial charge is 0.472 e. The van der Waals surface area contributed by atoms with Crippen molar-refractivity contribution in [2.24, 2.45) is 5.92 Å².